The number of carbonyl (C=O) groups excluding carboxylic acids is 1. The molecule has 0 radical (unpaired) electrons. The molecule has 0 saturated carbocycles. The first kappa shape index (κ1) is 17.4. The van der Waals surface area contributed by atoms with E-state index < -0.39 is 0 Å². The van der Waals surface area contributed by atoms with Crippen LogP contribution in [0.15, 0.2) is 48.5 Å². The van der Waals surface area contributed by atoms with Crippen LogP contribution in [0, 0.1) is 0 Å². The van der Waals surface area contributed by atoms with E-state index in [-0.39, 0.29) is 18.2 Å². The van der Waals surface area contributed by atoms with Gasteiger partial charge in [0.2, 0.25) is 0 Å². The summed E-state index contributed by atoms with van der Waals surface area (Å²) < 4.78 is 5.87. The predicted molar refractivity (Wildman–Crippen MR) is 97.8 cm³/mol. The maximum absolute atomic E-state index is 13.2. The molecule has 2 aromatic rings. The molecule has 2 heterocycles. The van der Waals surface area contributed by atoms with Gasteiger partial charge in [0, 0.05) is 17.1 Å². The molecule has 1 unspecified atom stereocenters. The predicted octanol–water partition coefficient (Wildman–Crippen LogP) is 1.67. The van der Waals surface area contributed by atoms with Crippen LogP contribution in [0.1, 0.15) is 33.8 Å². The summed E-state index contributed by atoms with van der Waals surface area (Å²) in [4.78, 5) is 15.0. The fraction of sp³-hybridized carbons (Fsp3) is 0.278. The summed E-state index contributed by atoms with van der Waals surface area (Å²) in [6.45, 7) is 1.58. The van der Waals surface area contributed by atoms with Crippen LogP contribution in [0.3, 0.4) is 0 Å². The molecule has 7 nitrogen and oxygen atoms in total. The number of ether oxygens (including phenoxy) is 1. The Balaban J connectivity index is 1.54. The number of morpholine rings is 1. The molecular weight excluding hydrogens is 354 g/mol. The Kier molecular flexibility index (Phi) is 5.16. The third-order valence-electron chi connectivity index (χ3n) is 4.59. The van der Waals surface area contributed by atoms with Gasteiger partial charge in [-0.15, -0.1) is 0 Å². The van der Waals surface area contributed by atoms with Gasteiger partial charge in [-0.25, -0.2) is 10.9 Å². The molecule has 1 amide bonds. The van der Waals surface area contributed by atoms with Gasteiger partial charge in [0.05, 0.1) is 13.2 Å². The first-order valence-corrected chi connectivity index (χ1v) is 8.86. The summed E-state index contributed by atoms with van der Waals surface area (Å²) in [7, 11) is 0. The van der Waals surface area contributed by atoms with Crippen molar-refractivity contribution in [3.63, 3.8) is 0 Å². The zero-order valence-corrected chi connectivity index (χ0v) is 14.8. The van der Waals surface area contributed by atoms with E-state index in [0.717, 1.165) is 11.1 Å². The number of hydrazine groups is 3. The molecule has 0 bridgehead atoms. The van der Waals surface area contributed by atoms with Crippen LogP contribution in [0.5, 0.6) is 0 Å². The number of rotatable bonds is 3. The summed E-state index contributed by atoms with van der Waals surface area (Å²) >= 11 is 5.96. The number of halogens is 1. The minimum Gasteiger partial charge on any atom is -0.370 e. The van der Waals surface area contributed by atoms with Gasteiger partial charge in [-0.1, -0.05) is 41.9 Å². The number of nitrogens with one attached hydrogen (secondary N) is 4. The van der Waals surface area contributed by atoms with Gasteiger partial charge in [-0.3, -0.25) is 4.79 Å². The van der Waals surface area contributed by atoms with Crippen LogP contribution >= 0.6 is 11.6 Å². The summed E-state index contributed by atoms with van der Waals surface area (Å²) in [5.41, 5.74) is 14.2. The summed E-state index contributed by atoms with van der Waals surface area (Å²) in [6, 6.07) is 15.2. The molecule has 0 spiro atoms. The highest BCUT2D eigenvalue weighted by molar-refractivity contribution is 6.30. The Morgan fingerprint density at radius 2 is 1.81 bits per heavy atom. The number of hydrogen-bond acceptors (Lipinski definition) is 6. The average molecular weight is 374 g/mol. The van der Waals surface area contributed by atoms with Crippen molar-refractivity contribution in [2.45, 2.75) is 12.3 Å². The monoisotopic (exact) mass is 373 g/mol. The normalized spacial score (nSPS) is 21.1. The molecular formula is C18H20ClN5O2. The lowest BCUT2D eigenvalue weighted by Gasteiger charge is -2.34. The summed E-state index contributed by atoms with van der Waals surface area (Å²) in [6.07, 6.45) is -0.341. The molecule has 8 heteroatoms. The van der Waals surface area contributed by atoms with Gasteiger partial charge < -0.3 is 9.64 Å². The van der Waals surface area contributed by atoms with E-state index in [2.05, 4.69) is 21.9 Å². The van der Waals surface area contributed by atoms with Gasteiger partial charge in [0.15, 0.2) is 0 Å². The molecule has 26 heavy (non-hydrogen) atoms. The van der Waals surface area contributed by atoms with Crippen molar-refractivity contribution in [2.75, 3.05) is 19.7 Å². The van der Waals surface area contributed by atoms with Crippen molar-refractivity contribution in [3.05, 3.63) is 70.2 Å². The third-order valence-corrected chi connectivity index (χ3v) is 4.85. The van der Waals surface area contributed by atoms with E-state index >= 15 is 0 Å². The van der Waals surface area contributed by atoms with E-state index in [9.17, 15) is 4.79 Å². The Labute approximate surface area is 156 Å². The number of amides is 1. The van der Waals surface area contributed by atoms with E-state index in [1.165, 1.54) is 0 Å². The van der Waals surface area contributed by atoms with E-state index in [4.69, 9.17) is 16.3 Å². The van der Waals surface area contributed by atoms with Gasteiger partial charge in [0.25, 0.3) is 5.91 Å². The highest BCUT2D eigenvalue weighted by atomic mass is 35.5. The van der Waals surface area contributed by atoms with Gasteiger partial charge in [0.1, 0.15) is 12.3 Å². The highest BCUT2D eigenvalue weighted by Crippen LogP contribution is 2.26. The van der Waals surface area contributed by atoms with E-state index in [0.29, 0.717) is 30.3 Å². The minimum absolute atomic E-state index is 0.00152. The lowest BCUT2D eigenvalue weighted by Crippen LogP contribution is -2.43. The van der Waals surface area contributed by atoms with Crippen LogP contribution < -0.4 is 21.9 Å². The Morgan fingerprint density at radius 1 is 1.08 bits per heavy atom. The summed E-state index contributed by atoms with van der Waals surface area (Å²) in [5.74, 6) is -0.00152. The molecule has 4 rings (SSSR count). The van der Waals surface area contributed by atoms with Crippen LogP contribution in [-0.2, 0) is 4.74 Å². The van der Waals surface area contributed by atoms with E-state index in [1.54, 1.807) is 0 Å². The topological polar surface area (TPSA) is 77.7 Å². The minimum atomic E-state index is -0.191. The maximum atomic E-state index is 13.2. The standard InChI is InChI=1S/C18H20ClN5O2/c19-13-7-5-12(6-8-13)16-11-24(9-10-26-16)18(25)15-4-2-1-3-14(15)17-20-22-23-21-17/h1-8,16-17,20-23H,9-11H2. The Hall–Kier alpha value is -2.00. The fourth-order valence-electron chi connectivity index (χ4n) is 3.23. The third kappa shape index (κ3) is 3.59. The lowest BCUT2D eigenvalue weighted by atomic mass is 10.0. The summed E-state index contributed by atoms with van der Waals surface area (Å²) in [5, 5.41) is 0.685. The Bertz CT molecular complexity index is 779. The Morgan fingerprint density at radius 3 is 2.58 bits per heavy atom. The smallest absolute Gasteiger partial charge is 0.254 e. The van der Waals surface area contributed by atoms with Crippen molar-refractivity contribution >= 4 is 17.5 Å². The van der Waals surface area contributed by atoms with Crippen molar-refractivity contribution in [1.82, 2.24) is 26.8 Å². The molecule has 2 aromatic carbocycles. The number of benzene rings is 2. The molecule has 2 aliphatic rings. The average Bonchev–Trinajstić information content (AvgIpc) is 3.23. The van der Waals surface area contributed by atoms with Crippen molar-refractivity contribution in [1.29, 1.82) is 0 Å². The zero-order valence-electron chi connectivity index (χ0n) is 14.0. The van der Waals surface area contributed by atoms with Crippen LogP contribution in [-0.4, -0.2) is 30.5 Å². The largest absolute Gasteiger partial charge is 0.370 e. The second kappa shape index (κ2) is 7.71. The molecule has 0 aliphatic carbocycles. The van der Waals surface area contributed by atoms with Crippen LogP contribution in [0.25, 0.3) is 0 Å². The number of nitrogens with zero attached hydrogens (tertiary/aromatic N) is 1. The molecule has 4 N–H and O–H groups in total. The molecule has 2 aliphatic heterocycles. The quantitative estimate of drug-likeness (QED) is 0.655. The molecule has 0 aromatic heterocycles. The first-order chi connectivity index (χ1) is 12.7. The SMILES string of the molecule is O=C(c1ccccc1C1NNNN1)N1CCOC(c2ccc(Cl)cc2)C1. The zero-order chi connectivity index (χ0) is 17.9. The molecule has 1 atom stereocenters. The van der Waals surface area contributed by atoms with Crippen molar-refractivity contribution in [2.24, 2.45) is 0 Å². The van der Waals surface area contributed by atoms with Crippen molar-refractivity contribution < 1.29 is 9.53 Å². The van der Waals surface area contributed by atoms with Crippen LogP contribution in [0.2, 0.25) is 5.02 Å². The molecule has 2 saturated heterocycles. The number of hydrogen-bond donors (Lipinski definition) is 4. The first-order valence-electron chi connectivity index (χ1n) is 8.49. The molecule has 2 fully saturated rings. The number of carbonyl (C=O) groups is 1. The van der Waals surface area contributed by atoms with Gasteiger partial charge in [-0.05, 0) is 29.3 Å². The highest BCUT2D eigenvalue weighted by Gasteiger charge is 2.29. The fourth-order valence-corrected chi connectivity index (χ4v) is 3.36. The second-order valence-electron chi connectivity index (χ2n) is 6.22. The van der Waals surface area contributed by atoms with Crippen molar-refractivity contribution in [3.8, 4) is 0 Å². The molecule has 136 valence electrons. The van der Waals surface area contributed by atoms with Gasteiger partial charge in [-0.2, -0.15) is 11.1 Å². The van der Waals surface area contributed by atoms with Gasteiger partial charge >= 0.3 is 0 Å². The lowest BCUT2D eigenvalue weighted by molar-refractivity contribution is -0.0228. The van der Waals surface area contributed by atoms with Crippen LogP contribution in [0.4, 0.5) is 0 Å². The maximum Gasteiger partial charge on any atom is 0.254 e. The van der Waals surface area contributed by atoms with E-state index in [1.807, 2.05) is 53.4 Å². The second-order valence-corrected chi connectivity index (χ2v) is 6.66.